The highest BCUT2D eigenvalue weighted by Gasteiger charge is 2.00. The molecule has 82 valence electrons. The Morgan fingerprint density at radius 1 is 1.19 bits per heavy atom. The van der Waals surface area contributed by atoms with E-state index in [9.17, 15) is 0 Å². The lowest BCUT2D eigenvalue weighted by atomic mass is 10.3. The molecule has 1 aromatic heterocycles. The van der Waals surface area contributed by atoms with E-state index in [0.29, 0.717) is 10.8 Å². The minimum Gasteiger partial charge on any atom is -0.384 e. The van der Waals surface area contributed by atoms with Crippen LogP contribution in [0.5, 0.6) is 0 Å². The summed E-state index contributed by atoms with van der Waals surface area (Å²) in [7, 11) is 0. The zero-order valence-corrected chi connectivity index (χ0v) is 10.6. The summed E-state index contributed by atoms with van der Waals surface area (Å²) in [6.07, 6.45) is 1.65. The van der Waals surface area contributed by atoms with Crippen molar-refractivity contribution in [3.63, 3.8) is 0 Å². The third-order valence-electron chi connectivity index (χ3n) is 1.99. The number of hydrogen-bond donors (Lipinski definition) is 2. The van der Waals surface area contributed by atoms with Gasteiger partial charge in [-0.2, -0.15) is 0 Å². The summed E-state index contributed by atoms with van der Waals surface area (Å²) in [5.74, 6) is 0.480. The molecule has 0 aliphatic carbocycles. The van der Waals surface area contributed by atoms with Gasteiger partial charge >= 0.3 is 0 Å². The predicted molar refractivity (Wildman–Crippen MR) is 71.1 cm³/mol. The van der Waals surface area contributed by atoms with Crippen LogP contribution in [0.1, 0.15) is 0 Å². The number of anilines is 3. The molecule has 0 bridgehead atoms. The monoisotopic (exact) mass is 297 g/mol. The van der Waals surface area contributed by atoms with Crippen LogP contribution in [0, 0.1) is 0 Å². The standard InChI is InChI=1S/C11H9BrClN3/c12-9-2-1-7(5-10(9)13)16-8-3-4-15-11(14)6-8/h1-6H,(H3,14,15,16). The van der Waals surface area contributed by atoms with Gasteiger partial charge < -0.3 is 11.1 Å². The highest BCUT2D eigenvalue weighted by atomic mass is 79.9. The average molecular weight is 299 g/mol. The average Bonchev–Trinajstić information content (AvgIpc) is 2.24. The first kappa shape index (κ1) is 11.2. The number of benzene rings is 1. The van der Waals surface area contributed by atoms with Crippen molar-refractivity contribution in [2.24, 2.45) is 0 Å². The molecule has 3 nitrogen and oxygen atoms in total. The summed E-state index contributed by atoms with van der Waals surface area (Å²) >= 11 is 9.32. The fourth-order valence-electron chi connectivity index (χ4n) is 1.27. The maximum Gasteiger partial charge on any atom is 0.125 e. The number of pyridine rings is 1. The fraction of sp³-hybridized carbons (Fsp3) is 0. The van der Waals surface area contributed by atoms with Gasteiger partial charge in [-0.3, -0.25) is 0 Å². The van der Waals surface area contributed by atoms with E-state index in [1.807, 2.05) is 24.3 Å². The Morgan fingerprint density at radius 2 is 1.94 bits per heavy atom. The molecular weight excluding hydrogens is 289 g/mol. The van der Waals surface area contributed by atoms with Gasteiger partial charge in [-0.25, -0.2) is 4.98 Å². The molecule has 0 aliphatic heterocycles. The summed E-state index contributed by atoms with van der Waals surface area (Å²) in [4.78, 5) is 3.92. The molecule has 0 saturated carbocycles. The van der Waals surface area contributed by atoms with Crippen LogP contribution in [-0.4, -0.2) is 4.98 Å². The van der Waals surface area contributed by atoms with Crippen LogP contribution in [0.4, 0.5) is 17.2 Å². The number of aromatic nitrogens is 1. The molecule has 1 heterocycles. The van der Waals surface area contributed by atoms with Crippen LogP contribution in [0.3, 0.4) is 0 Å². The summed E-state index contributed by atoms with van der Waals surface area (Å²) < 4.78 is 0.869. The van der Waals surface area contributed by atoms with Gasteiger partial charge in [0, 0.05) is 28.1 Å². The minimum atomic E-state index is 0.480. The summed E-state index contributed by atoms with van der Waals surface area (Å²) in [6, 6.07) is 9.24. The zero-order chi connectivity index (χ0) is 11.5. The number of nitrogens with zero attached hydrogens (tertiary/aromatic N) is 1. The molecule has 0 fully saturated rings. The summed E-state index contributed by atoms with van der Waals surface area (Å²) in [5.41, 5.74) is 7.36. The van der Waals surface area contributed by atoms with E-state index in [1.165, 1.54) is 0 Å². The van der Waals surface area contributed by atoms with Crippen molar-refractivity contribution in [2.75, 3.05) is 11.1 Å². The van der Waals surface area contributed by atoms with Crippen molar-refractivity contribution >= 4 is 44.7 Å². The van der Waals surface area contributed by atoms with Crippen LogP contribution in [0.25, 0.3) is 0 Å². The number of halogens is 2. The second-order valence-corrected chi connectivity index (χ2v) is 4.48. The van der Waals surface area contributed by atoms with Crippen LogP contribution >= 0.6 is 27.5 Å². The fourth-order valence-corrected chi connectivity index (χ4v) is 1.69. The third-order valence-corrected chi connectivity index (χ3v) is 3.22. The molecule has 0 amide bonds. The molecule has 3 N–H and O–H groups in total. The Labute approximate surface area is 107 Å². The molecule has 16 heavy (non-hydrogen) atoms. The van der Waals surface area contributed by atoms with Gasteiger partial charge in [-0.05, 0) is 40.2 Å². The van der Waals surface area contributed by atoms with Crippen molar-refractivity contribution in [2.45, 2.75) is 0 Å². The Morgan fingerprint density at radius 3 is 2.62 bits per heavy atom. The first-order valence-electron chi connectivity index (χ1n) is 4.59. The van der Waals surface area contributed by atoms with E-state index in [2.05, 4.69) is 26.2 Å². The highest BCUT2D eigenvalue weighted by molar-refractivity contribution is 9.10. The van der Waals surface area contributed by atoms with Crippen molar-refractivity contribution in [3.8, 4) is 0 Å². The molecule has 0 spiro atoms. The van der Waals surface area contributed by atoms with Crippen LogP contribution < -0.4 is 11.1 Å². The third kappa shape index (κ3) is 2.65. The maximum atomic E-state index is 5.99. The number of rotatable bonds is 2. The molecule has 0 saturated heterocycles. The van der Waals surface area contributed by atoms with Crippen molar-refractivity contribution in [3.05, 3.63) is 46.0 Å². The summed E-state index contributed by atoms with van der Waals surface area (Å²) in [5, 5.41) is 3.85. The molecule has 2 rings (SSSR count). The first-order valence-corrected chi connectivity index (χ1v) is 5.76. The van der Waals surface area contributed by atoms with E-state index < -0.39 is 0 Å². The van der Waals surface area contributed by atoms with Gasteiger partial charge in [0.25, 0.3) is 0 Å². The van der Waals surface area contributed by atoms with Crippen LogP contribution in [-0.2, 0) is 0 Å². The van der Waals surface area contributed by atoms with Gasteiger partial charge in [0.2, 0.25) is 0 Å². The lowest BCUT2D eigenvalue weighted by Gasteiger charge is -2.07. The molecule has 0 radical (unpaired) electrons. The SMILES string of the molecule is Nc1cc(Nc2ccc(Br)c(Cl)c2)ccn1. The molecule has 5 heteroatoms. The van der Waals surface area contributed by atoms with Crippen molar-refractivity contribution in [1.82, 2.24) is 4.98 Å². The van der Waals surface area contributed by atoms with E-state index in [0.717, 1.165) is 15.8 Å². The van der Waals surface area contributed by atoms with Gasteiger partial charge in [-0.1, -0.05) is 11.6 Å². The Hall–Kier alpha value is -1.26. The molecule has 2 aromatic rings. The predicted octanol–water partition coefficient (Wildman–Crippen LogP) is 3.82. The molecule has 0 unspecified atom stereocenters. The number of hydrogen-bond acceptors (Lipinski definition) is 3. The maximum absolute atomic E-state index is 5.99. The Balaban J connectivity index is 2.24. The Bertz CT molecular complexity index is 516. The number of nitrogens with two attached hydrogens (primary N) is 1. The largest absolute Gasteiger partial charge is 0.384 e. The second-order valence-electron chi connectivity index (χ2n) is 3.22. The zero-order valence-electron chi connectivity index (χ0n) is 8.24. The van der Waals surface area contributed by atoms with Crippen LogP contribution in [0.2, 0.25) is 5.02 Å². The Kier molecular flexibility index (Phi) is 3.31. The molecule has 1 aromatic carbocycles. The minimum absolute atomic E-state index is 0.480. The molecular formula is C11H9BrClN3. The quantitative estimate of drug-likeness (QED) is 0.886. The van der Waals surface area contributed by atoms with Crippen molar-refractivity contribution < 1.29 is 0 Å². The topological polar surface area (TPSA) is 50.9 Å². The second kappa shape index (κ2) is 4.72. The number of nitrogen functional groups attached to an aromatic ring is 1. The lowest BCUT2D eigenvalue weighted by molar-refractivity contribution is 1.33. The van der Waals surface area contributed by atoms with Gasteiger partial charge in [0.1, 0.15) is 5.82 Å². The normalized spacial score (nSPS) is 10.1. The van der Waals surface area contributed by atoms with Gasteiger partial charge in [0.05, 0.1) is 5.02 Å². The smallest absolute Gasteiger partial charge is 0.125 e. The van der Waals surface area contributed by atoms with Gasteiger partial charge in [-0.15, -0.1) is 0 Å². The molecule has 0 aliphatic rings. The summed E-state index contributed by atoms with van der Waals surface area (Å²) in [6.45, 7) is 0. The lowest BCUT2D eigenvalue weighted by Crippen LogP contribution is -1.94. The van der Waals surface area contributed by atoms with Gasteiger partial charge in [0.15, 0.2) is 0 Å². The van der Waals surface area contributed by atoms with E-state index in [1.54, 1.807) is 12.3 Å². The van der Waals surface area contributed by atoms with Crippen LogP contribution in [0.15, 0.2) is 41.0 Å². The molecule has 0 atom stereocenters. The highest BCUT2D eigenvalue weighted by Crippen LogP contribution is 2.27. The van der Waals surface area contributed by atoms with E-state index in [4.69, 9.17) is 17.3 Å². The first-order chi connectivity index (χ1) is 7.65. The number of nitrogens with one attached hydrogen (secondary N) is 1. The van der Waals surface area contributed by atoms with E-state index >= 15 is 0 Å². The van der Waals surface area contributed by atoms with Crippen molar-refractivity contribution in [1.29, 1.82) is 0 Å². The van der Waals surface area contributed by atoms with E-state index in [-0.39, 0.29) is 0 Å².